The largest absolute Gasteiger partial charge is 0.478 e. The zero-order chi connectivity index (χ0) is 32.4. The van der Waals surface area contributed by atoms with Gasteiger partial charge in [-0.05, 0) is 77.4 Å². The fourth-order valence-corrected chi connectivity index (χ4v) is 5.93. The molecule has 0 aliphatic rings. The lowest BCUT2D eigenvalue weighted by Gasteiger charge is -2.11. The Bertz CT molecular complexity index is 1990. The zero-order valence-electron chi connectivity index (χ0n) is 23.0. The SMILES string of the molecule is O=C(O)c1ccc(-n2cc(-c3ccc(Cl)cc3Cl)nc2C=Cc2ccc(-c3ccc(NS(=O)(=O)CC(F)(F)F)cc3)cc2)cc1. The van der Waals surface area contributed by atoms with E-state index in [9.17, 15) is 31.5 Å². The number of aromatic nitrogens is 2. The predicted octanol–water partition coefficient (Wildman–Crippen LogP) is 8.69. The first kappa shape index (κ1) is 31.8. The number of halogens is 5. The number of aromatic carboxylic acids is 1. The second-order valence-electron chi connectivity index (χ2n) is 9.84. The van der Waals surface area contributed by atoms with Gasteiger partial charge in [0.05, 0.1) is 16.3 Å². The molecule has 0 atom stereocenters. The van der Waals surface area contributed by atoms with E-state index >= 15 is 0 Å². The lowest BCUT2D eigenvalue weighted by Crippen LogP contribution is -2.27. The van der Waals surface area contributed by atoms with Gasteiger partial charge in [0.25, 0.3) is 0 Å². The van der Waals surface area contributed by atoms with Crippen molar-refractivity contribution in [2.24, 2.45) is 0 Å². The Morgan fingerprint density at radius 1 is 0.889 bits per heavy atom. The van der Waals surface area contributed by atoms with Crippen molar-refractivity contribution in [3.8, 4) is 28.1 Å². The van der Waals surface area contributed by atoms with Crippen molar-refractivity contribution in [2.45, 2.75) is 6.18 Å². The predicted molar refractivity (Wildman–Crippen MR) is 170 cm³/mol. The number of carbonyl (C=O) groups is 1. The summed E-state index contributed by atoms with van der Waals surface area (Å²) in [6.07, 6.45) is 0.594. The zero-order valence-corrected chi connectivity index (χ0v) is 25.3. The van der Waals surface area contributed by atoms with E-state index in [1.807, 2.05) is 35.1 Å². The molecular weight excluding hydrogens is 650 g/mol. The first-order chi connectivity index (χ1) is 21.3. The molecule has 5 aromatic rings. The summed E-state index contributed by atoms with van der Waals surface area (Å²) in [5, 5.41) is 10.2. The first-order valence-electron chi connectivity index (χ1n) is 13.1. The van der Waals surface area contributed by atoms with E-state index in [4.69, 9.17) is 28.2 Å². The third kappa shape index (κ3) is 8.13. The molecule has 0 bridgehead atoms. The normalized spacial score (nSPS) is 12.0. The van der Waals surface area contributed by atoms with Gasteiger partial charge in [-0.3, -0.25) is 9.29 Å². The Morgan fingerprint density at radius 2 is 1.51 bits per heavy atom. The van der Waals surface area contributed by atoms with Crippen molar-refractivity contribution >= 4 is 57.0 Å². The smallest absolute Gasteiger partial charge is 0.404 e. The van der Waals surface area contributed by atoms with Crippen molar-refractivity contribution < 1.29 is 31.5 Å². The average Bonchev–Trinajstić information content (AvgIpc) is 3.39. The number of rotatable bonds is 9. The van der Waals surface area contributed by atoms with E-state index in [0.29, 0.717) is 32.8 Å². The Balaban J connectivity index is 1.38. The van der Waals surface area contributed by atoms with Crippen molar-refractivity contribution in [1.82, 2.24) is 9.55 Å². The molecule has 230 valence electrons. The highest BCUT2D eigenvalue weighted by molar-refractivity contribution is 7.92. The van der Waals surface area contributed by atoms with Crippen molar-refractivity contribution in [3.05, 3.63) is 124 Å². The molecule has 13 heteroatoms. The molecule has 0 saturated heterocycles. The van der Waals surface area contributed by atoms with Gasteiger partial charge in [-0.2, -0.15) is 13.2 Å². The maximum atomic E-state index is 12.5. The summed E-state index contributed by atoms with van der Waals surface area (Å²) >= 11 is 12.5. The van der Waals surface area contributed by atoms with E-state index in [0.717, 1.165) is 16.7 Å². The third-order valence-corrected chi connectivity index (χ3v) is 8.32. The number of carboxylic acid groups (broad SMARTS) is 1. The molecule has 0 fully saturated rings. The quantitative estimate of drug-likeness (QED) is 0.163. The molecule has 2 N–H and O–H groups in total. The van der Waals surface area contributed by atoms with Gasteiger partial charge in [-0.15, -0.1) is 0 Å². The van der Waals surface area contributed by atoms with Crippen LogP contribution in [-0.4, -0.2) is 41.0 Å². The number of hydrogen-bond acceptors (Lipinski definition) is 4. The van der Waals surface area contributed by atoms with Crippen molar-refractivity contribution in [3.63, 3.8) is 0 Å². The van der Waals surface area contributed by atoms with E-state index in [-0.39, 0.29) is 11.3 Å². The first-order valence-corrected chi connectivity index (χ1v) is 15.5. The van der Waals surface area contributed by atoms with Crippen LogP contribution in [0.4, 0.5) is 18.9 Å². The van der Waals surface area contributed by atoms with Crippen LogP contribution in [0, 0.1) is 0 Å². The molecular formula is C32H22Cl2F3N3O4S. The highest BCUT2D eigenvalue weighted by Crippen LogP contribution is 2.31. The maximum absolute atomic E-state index is 12.5. The molecule has 5 rings (SSSR count). The Labute approximate surface area is 266 Å². The minimum Gasteiger partial charge on any atom is -0.478 e. The van der Waals surface area contributed by atoms with Crippen LogP contribution in [0.3, 0.4) is 0 Å². The van der Waals surface area contributed by atoms with Gasteiger partial charge in [0.15, 0.2) is 5.75 Å². The molecule has 0 spiro atoms. The lowest BCUT2D eigenvalue weighted by atomic mass is 10.0. The van der Waals surface area contributed by atoms with Gasteiger partial charge < -0.3 is 5.11 Å². The van der Waals surface area contributed by atoms with E-state index in [1.165, 1.54) is 24.3 Å². The van der Waals surface area contributed by atoms with Crippen LogP contribution in [0.2, 0.25) is 10.0 Å². The molecule has 0 unspecified atom stereocenters. The number of nitrogens with one attached hydrogen (secondary N) is 1. The second-order valence-corrected chi connectivity index (χ2v) is 12.4. The van der Waals surface area contributed by atoms with E-state index < -0.39 is 27.9 Å². The van der Waals surface area contributed by atoms with Crippen LogP contribution in [0.1, 0.15) is 21.7 Å². The molecule has 0 amide bonds. The average molecular weight is 673 g/mol. The molecule has 1 aromatic heterocycles. The molecule has 1 heterocycles. The summed E-state index contributed by atoms with van der Waals surface area (Å²) in [5.41, 5.74) is 4.47. The minimum atomic E-state index is -4.85. The van der Waals surface area contributed by atoms with Crippen LogP contribution in [0.25, 0.3) is 40.2 Å². The molecule has 0 aliphatic heterocycles. The summed E-state index contributed by atoms with van der Waals surface area (Å²) in [5.74, 6) is -2.46. The van der Waals surface area contributed by atoms with Crippen LogP contribution in [-0.2, 0) is 10.0 Å². The number of benzene rings is 4. The van der Waals surface area contributed by atoms with Crippen LogP contribution in [0.5, 0.6) is 0 Å². The molecule has 0 saturated carbocycles. The molecule has 4 aromatic carbocycles. The van der Waals surface area contributed by atoms with Crippen molar-refractivity contribution in [2.75, 3.05) is 10.5 Å². The molecule has 0 radical (unpaired) electrons. The minimum absolute atomic E-state index is 0.0231. The summed E-state index contributed by atoms with van der Waals surface area (Å²) < 4.78 is 64.7. The maximum Gasteiger partial charge on any atom is 0.404 e. The summed E-state index contributed by atoms with van der Waals surface area (Å²) in [4.78, 5) is 16.1. The topological polar surface area (TPSA) is 101 Å². The number of nitrogens with zero attached hydrogens (tertiary/aromatic N) is 2. The Morgan fingerprint density at radius 3 is 2.09 bits per heavy atom. The highest BCUT2D eigenvalue weighted by atomic mass is 35.5. The number of imidazole rings is 1. The van der Waals surface area contributed by atoms with Gasteiger partial charge in [-0.25, -0.2) is 18.2 Å². The molecule has 0 aliphatic carbocycles. The summed E-state index contributed by atoms with van der Waals surface area (Å²) in [6, 6.07) is 24.9. The van der Waals surface area contributed by atoms with Crippen LogP contribution < -0.4 is 4.72 Å². The number of alkyl halides is 3. The number of sulfonamides is 1. The van der Waals surface area contributed by atoms with Crippen LogP contribution >= 0.6 is 23.2 Å². The molecule has 45 heavy (non-hydrogen) atoms. The molecule has 7 nitrogen and oxygen atoms in total. The van der Waals surface area contributed by atoms with Gasteiger partial charge in [0.2, 0.25) is 10.0 Å². The second kappa shape index (κ2) is 12.8. The van der Waals surface area contributed by atoms with Gasteiger partial charge in [0.1, 0.15) is 5.82 Å². The Hall–Kier alpha value is -4.58. The summed E-state index contributed by atoms with van der Waals surface area (Å²) in [6.45, 7) is 0. The van der Waals surface area contributed by atoms with Crippen molar-refractivity contribution in [1.29, 1.82) is 0 Å². The highest BCUT2D eigenvalue weighted by Gasteiger charge is 2.35. The fourth-order valence-electron chi connectivity index (χ4n) is 4.43. The van der Waals surface area contributed by atoms with E-state index in [2.05, 4.69) is 0 Å². The van der Waals surface area contributed by atoms with Gasteiger partial charge >= 0.3 is 12.1 Å². The standard InChI is InChI=1S/C32H22Cl2F3N3O4S/c33-24-10-15-27(28(34)17-24)29-18-40(26-13-8-23(9-14-26)31(41)42)30(38-29)16-3-20-1-4-21(5-2-20)22-6-11-25(12-7-22)39-45(43,44)19-32(35,36)37/h1-18,39H,19H2,(H,41,42). The number of carboxylic acids is 1. The number of anilines is 1. The fraction of sp³-hybridized carbons (Fsp3) is 0.0625. The van der Waals surface area contributed by atoms with E-state index in [1.54, 1.807) is 59.3 Å². The lowest BCUT2D eigenvalue weighted by molar-refractivity contribution is -0.106. The van der Waals surface area contributed by atoms with Crippen LogP contribution in [0.15, 0.2) is 97.2 Å². The van der Waals surface area contributed by atoms with Gasteiger partial charge in [0, 0.05) is 28.2 Å². The Kier molecular flexibility index (Phi) is 9.06. The number of hydrogen-bond donors (Lipinski definition) is 2. The monoisotopic (exact) mass is 671 g/mol. The summed E-state index contributed by atoms with van der Waals surface area (Å²) in [7, 11) is -4.57. The van der Waals surface area contributed by atoms with Gasteiger partial charge in [-0.1, -0.05) is 65.7 Å². The third-order valence-electron chi connectivity index (χ3n) is 6.51.